The number of hydrogen-bond donors (Lipinski definition) is 1. The molecule has 4 rings (SSSR count). The van der Waals surface area contributed by atoms with Crippen LogP contribution in [0.1, 0.15) is 16.1 Å². The van der Waals surface area contributed by atoms with Gasteiger partial charge in [0.2, 0.25) is 0 Å². The van der Waals surface area contributed by atoms with E-state index >= 15 is 0 Å². The summed E-state index contributed by atoms with van der Waals surface area (Å²) in [7, 11) is 0. The van der Waals surface area contributed by atoms with Crippen LogP contribution < -0.4 is 5.32 Å². The van der Waals surface area contributed by atoms with Gasteiger partial charge in [-0.25, -0.2) is 0 Å². The van der Waals surface area contributed by atoms with Crippen LogP contribution in [0, 0.1) is 0 Å². The highest BCUT2D eigenvalue weighted by molar-refractivity contribution is 5.94. The smallest absolute Gasteiger partial charge is 0.251 e. The summed E-state index contributed by atoms with van der Waals surface area (Å²) in [5, 5.41) is 3.93. The molecule has 0 saturated heterocycles. The van der Waals surface area contributed by atoms with E-state index < -0.39 is 0 Å². The fourth-order valence-electron chi connectivity index (χ4n) is 2.69. The molecule has 0 saturated carbocycles. The number of hydrogen-bond acceptors (Lipinski definition) is 2. The maximum atomic E-state index is 12.3. The van der Waals surface area contributed by atoms with Crippen LogP contribution in [0.2, 0.25) is 0 Å². The van der Waals surface area contributed by atoms with Crippen molar-refractivity contribution in [3.8, 4) is 5.69 Å². The van der Waals surface area contributed by atoms with Crippen molar-refractivity contribution in [2.45, 2.75) is 6.54 Å². The monoisotopic (exact) mass is 316 g/mol. The first-order valence-corrected chi connectivity index (χ1v) is 7.79. The molecule has 0 aliphatic rings. The maximum Gasteiger partial charge on any atom is 0.251 e. The summed E-state index contributed by atoms with van der Waals surface area (Å²) in [6.45, 7) is 0.368. The molecule has 4 heteroatoms. The summed E-state index contributed by atoms with van der Waals surface area (Å²) in [6, 6.07) is 21.2. The number of aromatic nitrogens is 1. The third-order valence-corrected chi connectivity index (χ3v) is 3.93. The van der Waals surface area contributed by atoms with Crippen molar-refractivity contribution in [3.63, 3.8) is 0 Å². The Kier molecular flexibility index (Phi) is 3.63. The largest absolute Gasteiger partial charge is 0.459 e. The second-order valence-electron chi connectivity index (χ2n) is 5.57. The van der Waals surface area contributed by atoms with Crippen LogP contribution in [0.25, 0.3) is 16.7 Å². The zero-order valence-electron chi connectivity index (χ0n) is 13.0. The summed E-state index contributed by atoms with van der Waals surface area (Å²) in [6.07, 6.45) is 3.94. The first kappa shape index (κ1) is 14.3. The lowest BCUT2D eigenvalue weighted by molar-refractivity contribution is 0.0948. The third kappa shape index (κ3) is 2.82. The van der Waals surface area contributed by atoms with Crippen LogP contribution in [-0.2, 0) is 6.54 Å². The van der Waals surface area contributed by atoms with Crippen LogP contribution in [0.5, 0.6) is 0 Å². The number of benzene rings is 2. The van der Waals surface area contributed by atoms with Gasteiger partial charge in [-0.1, -0.05) is 18.2 Å². The summed E-state index contributed by atoms with van der Waals surface area (Å²) in [5.41, 5.74) is 2.48. The van der Waals surface area contributed by atoms with Gasteiger partial charge in [0.05, 0.1) is 6.54 Å². The molecular formula is C20H16N2O2. The average molecular weight is 316 g/mol. The molecule has 0 atom stereocenters. The average Bonchev–Trinajstić information content (AvgIpc) is 3.29. The number of amides is 1. The number of fused-ring (bicyclic) bond motifs is 1. The molecule has 4 nitrogen and oxygen atoms in total. The molecule has 1 N–H and O–H groups in total. The van der Waals surface area contributed by atoms with Gasteiger partial charge in [0.25, 0.3) is 5.91 Å². The molecule has 0 unspecified atom stereocenters. The van der Waals surface area contributed by atoms with Crippen molar-refractivity contribution in [3.05, 3.63) is 90.4 Å². The van der Waals surface area contributed by atoms with Crippen LogP contribution in [0.3, 0.4) is 0 Å². The Morgan fingerprint density at radius 1 is 0.958 bits per heavy atom. The van der Waals surface area contributed by atoms with Gasteiger partial charge in [-0.3, -0.25) is 4.79 Å². The Morgan fingerprint density at radius 2 is 1.71 bits per heavy atom. The number of nitrogens with zero attached hydrogens (tertiary/aromatic N) is 1. The molecule has 118 valence electrons. The lowest BCUT2D eigenvalue weighted by Gasteiger charge is -2.06. The SMILES string of the molecule is O=C(NCc1cc2ccccc2o1)c1ccc(-n2cccc2)cc1. The highest BCUT2D eigenvalue weighted by atomic mass is 16.3. The number of para-hydroxylation sites is 1. The zero-order chi connectivity index (χ0) is 16.4. The van der Waals surface area contributed by atoms with Gasteiger partial charge >= 0.3 is 0 Å². The molecule has 0 fully saturated rings. The molecular weight excluding hydrogens is 300 g/mol. The number of carbonyl (C=O) groups excluding carboxylic acids is 1. The van der Waals surface area contributed by atoms with Crippen molar-refractivity contribution < 1.29 is 9.21 Å². The normalized spacial score (nSPS) is 10.8. The minimum absolute atomic E-state index is 0.116. The predicted octanol–water partition coefficient (Wildman–Crippen LogP) is 4.15. The van der Waals surface area contributed by atoms with E-state index in [4.69, 9.17) is 4.42 Å². The van der Waals surface area contributed by atoms with E-state index in [9.17, 15) is 4.79 Å². The molecule has 2 aromatic carbocycles. The summed E-state index contributed by atoms with van der Waals surface area (Å²) >= 11 is 0. The lowest BCUT2D eigenvalue weighted by atomic mass is 10.2. The van der Waals surface area contributed by atoms with Crippen LogP contribution in [0.15, 0.2) is 83.5 Å². The Morgan fingerprint density at radius 3 is 2.46 bits per heavy atom. The molecule has 0 bridgehead atoms. The van der Waals surface area contributed by atoms with E-state index in [0.717, 1.165) is 22.4 Å². The summed E-state index contributed by atoms with van der Waals surface area (Å²) in [5.74, 6) is 0.628. The number of furan rings is 1. The molecule has 0 radical (unpaired) electrons. The minimum Gasteiger partial charge on any atom is -0.459 e. The van der Waals surface area contributed by atoms with Gasteiger partial charge in [0, 0.05) is 29.0 Å². The molecule has 0 aliphatic heterocycles. The zero-order valence-corrected chi connectivity index (χ0v) is 13.0. The quantitative estimate of drug-likeness (QED) is 0.615. The summed E-state index contributed by atoms with van der Waals surface area (Å²) < 4.78 is 7.70. The van der Waals surface area contributed by atoms with E-state index in [1.807, 2.05) is 83.7 Å². The Labute approximate surface area is 139 Å². The van der Waals surface area contributed by atoms with Crippen molar-refractivity contribution in [2.24, 2.45) is 0 Å². The van der Waals surface area contributed by atoms with Gasteiger partial charge in [-0.05, 0) is 48.5 Å². The van der Waals surface area contributed by atoms with E-state index in [1.165, 1.54) is 0 Å². The van der Waals surface area contributed by atoms with Gasteiger partial charge in [0.15, 0.2) is 0 Å². The van der Waals surface area contributed by atoms with E-state index in [-0.39, 0.29) is 5.91 Å². The number of nitrogens with one attached hydrogen (secondary N) is 1. The predicted molar refractivity (Wildman–Crippen MR) is 93.2 cm³/mol. The number of carbonyl (C=O) groups is 1. The van der Waals surface area contributed by atoms with Gasteiger partial charge in [0.1, 0.15) is 11.3 Å². The van der Waals surface area contributed by atoms with Crippen LogP contribution >= 0.6 is 0 Å². The van der Waals surface area contributed by atoms with Gasteiger partial charge < -0.3 is 14.3 Å². The van der Waals surface area contributed by atoms with Crippen LogP contribution in [-0.4, -0.2) is 10.5 Å². The second-order valence-corrected chi connectivity index (χ2v) is 5.57. The molecule has 2 heterocycles. The Hall–Kier alpha value is -3.27. The van der Waals surface area contributed by atoms with Crippen molar-refractivity contribution in [1.82, 2.24) is 9.88 Å². The molecule has 0 aliphatic carbocycles. The fourth-order valence-corrected chi connectivity index (χ4v) is 2.69. The highest BCUT2D eigenvalue weighted by Gasteiger charge is 2.08. The first-order chi connectivity index (χ1) is 11.8. The standard InChI is InChI=1S/C20H16N2O2/c23-20(15-7-9-17(10-8-15)22-11-3-4-12-22)21-14-18-13-16-5-1-2-6-19(16)24-18/h1-13H,14H2,(H,21,23). The topological polar surface area (TPSA) is 47.2 Å². The second kappa shape index (κ2) is 6.08. The van der Waals surface area contributed by atoms with Crippen molar-refractivity contribution in [2.75, 3.05) is 0 Å². The number of rotatable bonds is 4. The summed E-state index contributed by atoms with van der Waals surface area (Å²) in [4.78, 5) is 12.3. The van der Waals surface area contributed by atoms with Crippen LogP contribution in [0.4, 0.5) is 0 Å². The molecule has 4 aromatic rings. The van der Waals surface area contributed by atoms with E-state index in [0.29, 0.717) is 12.1 Å². The minimum atomic E-state index is -0.116. The first-order valence-electron chi connectivity index (χ1n) is 7.79. The third-order valence-electron chi connectivity index (χ3n) is 3.93. The van der Waals surface area contributed by atoms with Crippen molar-refractivity contribution in [1.29, 1.82) is 0 Å². The van der Waals surface area contributed by atoms with E-state index in [1.54, 1.807) is 0 Å². The van der Waals surface area contributed by atoms with Crippen molar-refractivity contribution >= 4 is 16.9 Å². The van der Waals surface area contributed by atoms with Gasteiger partial charge in [-0.15, -0.1) is 0 Å². The Bertz CT molecular complexity index is 933. The molecule has 1 amide bonds. The molecule has 24 heavy (non-hydrogen) atoms. The van der Waals surface area contributed by atoms with Gasteiger partial charge in [-0.2, -0.15) is 0 Å². The highest BCUT2D eigenvalue weighted by Crippen LogP contribution is 2.18. The molecule has 0 spiro atoms. The maximum absolute atomic E-state index is 12.3. The Balaban J connectivity index is 1.44. The van der Waals surface area contributed by atoms with E-state index in [2.05, 4.69) is 5.32 Å². The molecule has 2 aromatic heterocycles. The lowest BCUT2D eigenvalue weighted by Crippen LogP contribution is -2.22. The fraction of sp³-hybridized carbons (Fsp3) is 0.0500.